The molecule has 0 bridgehead atoms. The summed E-state index contributed by atoms with van der Waals surface area (Å²) in [5, 5.41) is 13.5. The molecule has 0 aromatic carbocycles. The van der Waals surface area contributed by atoms with Gasteiger partial charge in [-0.1, -0.05) is 0 Å². The van der Waals surface area contributed by atoms with Gasteiger partial charge in [0.05, 0.1) is 6.61 Å². The molecule has 0 amide bonds. The van der Waals surface area contributed by atoms with Gasteiger partial charge in [0.15, 0.2) is 11.9 Å². The minimum atomic E-state index is -1.35. The number of carbonyl (C=O) groups excluding carboxylic acids is 1. The zero-order valence-electron chi connectivity index (χ0n) is 10.3. The number of hydrogen-bond acceptors (Lipinski definition) is 5. The van der Waals surface area contributed by atoms with Crippen LogP contribution in [-0.4, -0.2) is 29.6 Å². The summed E-state index contributed by atoms with van der Waals surface area (Å²) < 4.78 is 10.2. The van der Waals surface area contributed by atoms with Crippen LogP contribution in [0.25, 0.3) is 0 Å². The largest absolute Gasteiger partial charge is 0.464 e. The van der Waals surface area contributed by atoms with E-state index in [0.29, 0.717) is 13.0 Å². The summed E-state index contributed by atoms with van der Waals surface area (Å²) in [5.74, 6) is -1.80. The molecule has 1 heterocycles. The number of carbonyl (C=O) groups is 1. The third-order valence-electron chi connectivity index (χ3n) is 1.98. The summed E-state index contributed by atoms with van der Waals surface area (Å²) in [6.45, 7) is 5.03. The summed E-state index contributed by atoms with van der Waals surface area (Å²) in [6, 6.07) is 1.92. The Morgan fingerprint density at radius 2 is 2.29 bits per heavy atom. The van der Waals surface area contributed by atoms with Crippen LogP contribution in [0.1, 0.15) is 26.3 Å². The summed E-state index contributed by atoms with van der Waals surface area (Å²) >= 11 is 1.55. The topological polar surface area (TPSA) is 55.8 Å². The fourth-order valence-corrected chi connectivity index (χ4v) is 2.06. The number of esters is 1. The first kappa shape index (κ1) is 14.2. The predicted octanol–water partition coefficient (Wildman–Crippen LogP) is 1.97. The molecule has 0 radical (unpaired) electrons. The molecule has 0 saturated heterocycles. The highest BCUT2D eigenvalue weighted by atomic mass is 32.1. The van der Waals surface area contributed by atoms with E-state index in [4.69, 9.17) is 9.47 Å². The molecule has 0 fully saturated rings. The molecule has 0 spiro atoms. The average Bonchev–Trinajstić information content (AvgIpc) is 2.67. The monoisotopic (exact) mass is 258 g/mol. The molecule has 1 atom stereocenters. The molecule has 96 valence electrons. The van der Waals surface area contributed by atoms with Crippen molar-refractivity contribution >= 4 is 17.3 Å². The smallest absolute Gasteiger partial charge is 0.335 e. The first-order chi connectivity index (χ1) is 7.92. The van der Waals surface area contributed by atoms with Crippen LogP contribution >= 0.6 is 11.3 Å². The van der Waals surface area contributed by atoms with E-state index >= 15 is 0 Å². The molecular weight excluding hydrogens is 240 g/mol. The van der Waals surface area contributed by atoms with Crippen LogP contribution in [0.4, 0.5) is 0 Å². The van der Waals surface area contributed by atoms with Gasteiger partial charge in [0, 0.05) is 6.42 Å². The Hall–Kier alpha value is -0.910. The van der Waals surface area contributed by atoms with Crippen molar-refractivity contribution in [2.45, 2.75) is 39.1 Å². The van der Waals surface area contributed by atoms with Gasteiger partial charge in [-0.25, -0.2) is 4.79 Å². The Morgan fingerprint density at radius 3 is 2.76 bits per heavy atom. The van der Waals surface area contributed by atoms with Crippen molar-refractivity contribution in [2.24, 2.45) is 0 Å². The zero-order chi connectivity index (χ0) is 12.9. The predicted molar refractivity (Wildman–Crippen MR) is 65.8 cm³/mol. The molecule has 1 N–H and O–H groups in total. The molecule has 4 nitrogen and oxygen atoms in total. The van der Waals surface area contributed by atoms with Gasteiger partial charge in [-0.3, -0.25) is 0 Å². The molecule has 0 unspecified atom stereocenters. The van der Waals surface area contributed by atoms with E-state index in [1.165, 1.54) is 13.8 Å². The van der Waals surface area contributed by atoms with Crippen LogP contribution in [-0.2, 0) is 20.7 Å². The van der Waals surface area contributed by atoms with Crippen LogP contribution in [0.2, 0.25) is 0 Å². The lowest BCUT2D eigenvalue weighted by Crippen LogP contribution is -2.37. The highest BCUT2D eigenvalue weighted by Gasteiger charge is 2.28. The third kappa shape index (κ3) is 5.30. The number of ether oxygens (including phenoxy) is 2. The second-order valence-corrected chi connectivity index (χ2v) is 4.92. The fraction of sp³-hybridized carbons (Fsp3) is 0.583. The second kappa shape index (κ2) is 6.14. The van der Waals surface area contributed by atoms with Gasteiger partial charge in [-0.2, -0.15) is 11.3 Å². The van der Waals surface area contributed by atoms with Gasteiger partial charge in [0.25, 0.3) is 0 Å². The summed E-state index contributed by atoms with van der Waals surface area (Å²) in [7, 11) is 0. The fourth-order valence-electron chi connectivity index (χ4n) is 1.38. The Morgan fingerprint density at radius 1 is 1.59 bits per heavy atom. The number of aliphatic hydroxyl groups is 1. The van der Waals surface area contributed by atoms with Gasteiger partial charge in [0.1, 0.15) is 0 Å². The lowest BCUT2D eigenvalue weighted by atomic mass is 10.1. The van der Waals surface area contributed by atoms with Crippen LogP contribution in [0.3, 0.4) is 0 Å². The van der Waals surface area contributed by atoms with E-state index in [-0.39, 0.29) is 0 Å². The van der Waals surface area contributed by atoms with Crippen molar-refractivity contribution in [2.75, 3.05) is 6.61 Å². The molecule has 1 aromatic heterocycles. The van der Waals surface area contributed by atoms with E-state index in [2.05, 4.69) is 0 Å². The van der Waals surface area contributed by atoms with Crippen LogP contribution in [0.15, 0.2) is 16.8 Å². The summed E-state index contributed by atoms with van der Waals surface area (Å²) in [4.78, 5) is 11.7. The second-order valence-electron chi connectivity index (χ2n) is 4.14. The highest BCUT2D eigenvalue weighted by Crippen LogP contribution is 2.16. The average molecular weight is 258 g/mol. The number of rotatable bonds is 6. The molecule has 0 aliphatic heterocycles. The highest BCUT2D eigenvalue weighted by molar-refractivity contribution is 7.07. The van der Waals surface area contributed by atoms with Gasteiger partial charge >= 0.3 is 5.97 Å². The SMILES string of the molecule is CCOC(=O)[C@@H](Cc1ccsc1)OC(C)(C)O. The molecule has 5 heteroatoms. The first-order valence-electron chi connectivity index (χ1n) is 5.50. The Labute approximate surface area is 105 Å². The van der Waals surface area contributed by atoms with E-state index in [1.807, 2.05) is 16.8 Å². The van der Waals surface area contributed by atoms with Crippen molar-refractivity contribution in [1.29, 1.82) is 0 Å². The van der Waals surface area contributed by atoms with Crippen molar-refractivity contribution in [3.8, 4) is 0 Å². The third-order valence-corrected chi connectivity index (χ3v) is 2.71. The normalized spacial score (nSPS) is 13.4. The number of thiophene rings is 1. The maximum atomic E-state index is 11.7. The minimum absolute atomic E-state index is 0.300. The van der Waals surface area contributed by atoms with Crippen molar-refractivity contribution in [1.82, 2.24) is 0 Å². The van der Waals surface area contributed by atoms with Gasteiger partial charge in [-0.15, -0.1) is 0 Å². The lowest BCUT2D eigenvalue weighted by molar-refractivity contribution is -0.216. The summed E-state index contributed by atoms with van der Waals surface area (Å²) in [6.07, 6.45) is -0.365. The minimum Gasteiger partial charge on any atom is -0.464 e. The van der Waals surface area contributed by atoms with Crippen molar-refractivity contribution < 1.29 is 19.4 Å². The van der Waals surface area contributed by atoms with Gasteiger partial charge in [0.2, 0.25) is 0 Å². The maximum absolute atomic E-state index is 11.7. The van der Waals surface area contributed by atoms with Crippen LogP contribution in [0.5, 0.6) is 0 Å². The molecule has 0 aliphatic rings. The Bertz CT molecular complexity index is 340. The molecular formula is C12H18O4S. The van der Waals surface area contributed by atoms with Crippen LogP contribution < -0.4 is 0 Å². The molecule has 1 aromatic rings. The molecule has 0 aliphatic carbocycles. The van der Waals surface area contributed by atoms with Crippen molar-refractivity contribution in [3.05, 3.63) is 22.4 Å². The van der Waals surface area contributed by atoms with Crippen molar-refractivity contribution in [3.63, 3.8) is 0 Å². The first-order valence-corrected chi connectivity index (χ1v) is 6.44. The van der Waals surface area contributed by atoms with E-state index in [9.17, 15) is 9.90 Å². The maximum Gasteiger partial charge on any atom is 0.335 e. The van der Waals surface area contributed by atoms with Gasteiger partial charge < -0.3 is 14.6 Å². The standard InChI is InChI=1S/C12H18O4S/c1-4-15-11(13)10(16-12(2,3)14)7-9-5-6-17-8-9/h5-6,8,10,14H,4,7H2,1-3H3/t10-/m1/s1. The Kier molecular flexibility index (Phi) is 5.11. The molecule has 0 saturated carbocycles. The van der Waals surface area contributed by atoms with E-state index < -0.39 is 17.9 Å². The van der Waals surface area contributed by atoms with E-state index in [1.54, 1.807) is 18.3 Å². The Balaban J connectivity index is 2.68. The van der Waals surface area contributed by atoms with Crippen LogP contribution in [0, 0.1) is 0 Å². The molecule has 17 heavy (non-hydrogen) atoms. The lowest BCUT2D eigenvalue weighted by Gasteiger charge is -2.24. The number of hydrogen-bond donors (Lipinski definition) is 1. The zero-order valence-corrected chi connectivity index (χ0v) is 11.1. The molecule has 1 rings (SSSR count). The van der Waals surface area contributed by atoms with E-state index in [0.717, 1.165) is 5.56 Å². The van der Waals surface area contributed by atoms with Gasteiger partial charge in [-0.05, 0) is 43.2 Å². The quantitative estimate of drug-likeness (QED) is 0.626. The summed E-state index contributed by atoms with van der Waals surface area (Å²) in [5.41, 5.74) is 0.998.